The fourth-order valence-corrected chi connectivity index (χ4v) is 2.49. The third kappa shape index (κ3) is 4.22. The molecule has 1 amide bonds. The Hall–Kier alpha value is -1.52. The number of carbonyl (C=O) groups excluding carboxylic acids is 1. The van der Waals surface area contributed by atoms with E-state index >= 15 is 0 Å². The summed E-state index contributed by atoms with van der Waals surface area (Å²) < 4.78 is 4.93. The van der Waals surface area contributed by atoms with Gasteiger partial charge in [-0.1, -0.05) is 0 Å². The van der Waals surface area contributed by atoms with Gasteiger partial charge in [-0.15, -0.1) is 11.6 Å². The summed E-state index contributed by atoms with van der Waals surface area (Å²) in [6, 6.07) is 5.74. The lowest BCUT2D eigenvalue weighted by Gasteiger charge is -2.05. The van der Waals surface area contributed by atoms with Gasteiger partial charge in [0.25, 0.3) is 5.91 Å². The molecule has 0 aliphatic carbocycles. The van der Waals surface area contributed by atoms with E-state index in [-0.39, 0.29) is 5.91 Å². The van der Waals surface area contributed by atoms with Gasteiger partial charge in [0, 0.05) is 42.2 Å². The van der Waals surface area contributed by atoms with Crippen molar-refractivity contribution in [3.63, 3.8) is 0 Å². The van der Waals surface area contributed by atoms with Crippen LogP contribution in [0.3, 0.4) is 0 Å². The van der Waals surface area contributed by atoms with E-state index in [0.717, 1.165) is 30.2 Å². The minimum absolute atomic E-state index is 0.0677. The number of H-pyrrole nitrogens is 1. The molecule has 5 heteroatoms. The van der Waals surface area contributed by atoms with Crippen molar-refractivity contribution >= 4 is 28.4 Å². The number of methoxy groups -OCH3 is 1. The summed E-state index contributed by atoms with van der Waals surface area (Å²) in [5, 5.41) is 3.95. The lowest BCUT2D eigenvalue weighted by atomic mass is 10.0. The van der Waals surface area contributed by atoms with Crippen LogP contribution in [-0.4, -0.2) is 37.0 Å². The van der Waals surface area contributed by atoms with Crippen LogP contribution in [0, 0.1) is 0 Å². The minimum Gasteiger partial charge on any atom is -0.383 e. The highest BCUT2D eigenvalue weighted by molar-refractivity contribution is 6.17. The Labute approximate surface area is 129 Å². The number of hydrogen-bond acceptors (Lipinski definition) is 2. The number of aromatic amines is 1. The summed E-state index contributed by atoms with van der Waals surface area (Å²) in [5.74, 6) is 0.622. The number of unbranched alkanes of at least 4 members (excludes halogenated alkanes) is 1. The molecular formula is C16H21ClN2O2. The number of aryl methyl sites for hydroxylation is 1. The van der Waals surface area contributed by atoms with Crippen molar-refractivity contribution in [1.29, 1.82) is 0 Å². The van der Waals surface area contributed by atoms with E-state index in [4.69, 9.17) is 16.3 Å². The second-order valence-corrected chi connectivity index (χ2v) is 5.35. The first-order chi connectivity index (χ1) is 10.3. The molecule has 1 aromatic heterocycles. The van der Waals surface area contributed by atoms with Crippen molar-refractivity contribution in [2.75, 3.05) is 26.1 Å². The van der Waals surface area contributed by atoms with Crippen molar-refractivity contribution in [2.45, 2.75) is 19.3 Å². The molecule has 2 rings (SSSR count). The fraction of sp³-hybridized carbons (Fsp3) is 0.438. The molecule has 0 fully saturated rings. The first-order valence-corrected chi connectivity index (χ1v) is 7.73. The fourth-order valence-electron chi connectivity index (χ4n) is 2.31. The lowest BCUT2D eigenvalue weighted by Crippen LogP contribution is -2.26. The third-order valence-electron chi connectivity index (χ3n) is 3.45. The Balaban J connectivity index is 2.11. The molecule has 114 valence electrons. The van der Waals surface area contributed by atoms with E-state index in [2.05, 4.69) is 10.3 Å². The highest BCUT2D eigenvalue weighted by Gasteiger charge is 2.09. The molecule has 2 N–H and O–H groups in total. The van der Waals surface area contributed by atoms with Gasteiger partial charge in [0.2, 0.25) is 0 Å². The first-order valence-electron chi connectivity index (χ1n) is 7.19. The monoisotopic (exact) mass is 308 g/mol. The van der Waals surface area contributed by atoms with E-state index in [1.807, 2.05) is 24.4 Å². The van der Waals surface area contributed by atoms with Crippen LogP contribution in [0.5, 0.6) is 0 Å². The van der Waals surface area contributed by atoms with Gasteiger partial charge in [-0.25, -0.2) is 0 Å². The summed E-state index contributed by atoms with van der Waals surface area (Å²) in [5.41, 5.74) is 2.97. The lowest BCUT2D eigenvalue weighted by molar-refractivity contribution is 0.0937. The quantitative estimate of drug-likeness (QED) is 0.581. The van der Waals surface area contributed by atoms with Crippen molar-refractivity contribution in [3.8, 4) is 0 Å². The molecule has 1 aromatic carbocycles. The summed E-state index contributed by atoms with van der Waals surface area (Å²) in [4.78, 5) is 15.3. The molecule has 4 nitrogen and oxygen atoms in total. The third-order valence-corrected chi connectivity index (χ3v) is 3.72. The van der Waals surface area contributed by atoms with Crippen molar-refractivity contribution in [1.82, 2.24) is 10.3 Å². The number of ether oxygens (including phenoxy) is 1. The van der Waals surface area contributed by atoms with Crippen LogP contribution >= 0.6 is 11.6 Å². The number of fused-ring (bicyclic) bond motifs is 1. The normalized spacial score (nSPS) is 11.0. The van der Waals surface area contributed by atoms with Gasteiger partial charge in [0.05, 0.1) is 6.61 Å². The van der Waals surface area contributed by atoms with Crippen molar-refractivity contribution < 1.29 is 9.53 Å². The molecular weight excluding hydrogens is 288 g/mol. The Morgan fingerprint density at radius 3 is 3.00 bits per heavy atom. The Bertz CT molecular complexity index is 595. The zero-order chi connectivity index (χ0) is 15.1. The second-order valence-electron chi connectivity index (χ2n) is 4.97. The molecule has 0 unspecified atom stereocenters. The average Bonchev–Trinajstić information content (AvgIpc) is 2.90. The molecule has 0 bridgehead atoms. The van der Waals surface area contributed by atoms with E-state index in [0.29, 0.717) is 24.6 Å². The molecule has 2 aromatic rings. The van der Waals surface area contributed by atoms with Crippen LogP contribution in [0.25, 0.3) is 10.9 Å². The van der Waals surface area contributed by atoms with Gasteiger partial charge < -0.3 is 15.0 Å². The molecule has 0 radical (unpaired) electrons. The predicted molar refractivity (Wildman–Crippen MR) is 86.2 cm³/mol. The average molecular weight is 309 g/mol. The second kappa shape index (κ2) is 8.05. The Morgan fingerprint density at radius 2 is 2.24 bits per heavy atom. The smallest absolute Gasteiger partial charge is 0.251 e. The molecule has 0 aliphatic rings. The number of carbonyl (C=O) groups is 1. The van der Waals surface area contributed by atoms with E-state index < -0.39 is 0 Å². The van der Waals surface area contributed by atoms with Crippen LogP contribution in [0.2, 0.25) is 0 Å². The van der Waals surface area contributed by atoms with Crippen LogP contribution < -0.4 is 5.32 Å². The van der Waals surface area contributed by atoms with Crippen LogP contribution in [-0.2, 0) is 11.2 Å². The maximum Gasteiger partial charge on any atom is 0.251 e. The van der Waals surface area contributed by atoms with E-state index in [1.54, 1.807) is 7.11 Å². The Morgan fingerprint density at radius 1 is 1.38 bits per heavy atom. The summed E-state index contributed by atoms with van der Waals surface area (Å²) >= 11 is 5.72. The molecule has 0 saturated carbocycles. The summed E-state index contributed by atoms with van der Waals surface area (Å²) in [6.45, 7) is 1.03. The molecule has 0 aliphatic heterocycles. The van der Waals surface area contributed by atoms with Gasteiger partial charge in [-0.2, -0.15) is 0 Å². The van der Waals surface area contributed by atoms with Crippen molar-refractivity contribution in [2.24, 2.45) is 0 Å². The largest absolute Gasteiger partial charge is 0.383 e. The van der Waals surface area contributed by atoms with Gasteiger partial charge in [-0.3, -0.25) is 4.79 Å². The van der Waals surface area contributed by atoms with Gasteiger partial charge in [0.15, 0.2) is 0 Å². The number of hydrogen-bond donors (Lipinski definition) is 2. The predicted octanol–water partition coefficient (Wildman–Crippen LogP) is 3.11. The SMILES string of the molecule is COCCNC(=O)c1ccc2[nH]cc(CCCCCl)c2c1. The number of halogens is 1. The molecule has 1 heterocycles. The van der Waals surface area contributed by atoms with Crippen molar-refractivity contribution in [3.05, 3.63) is 35.5 Å². The summed E-state index contributed by atoms with van der Waals surface area (Å²) in [6.07, 6.45) is 5.05. The number of alkyl halides is 1. The number of rotatable bonds is 8. The summed E-state index contributed by atoms with van der Waals surface area (Å²) in [7, 11) is 1.62. The number of nitrogens with one attached hydrogen (secondary N) is 2. The zero-order valence-corrected chi connectivity index (χ0v) is 13.0. The molecule has 0 spiro atoms. The Kier molecular flexibility index (Phi) is 6.08. The number of benzene rings is 1. The highest BCUT2D eigenvalue weighted by Crippen LogP contribution is 2.21. The van der Waals surface area contributed by atoms with E-state index in [9.17, 15) is 4.79 Å². The maximum absolute atomic E-state index is 12.1. The van der Waals surface area contributed by atoms with Crippen LogP contribution in [0.4, 0.5) is 0 Å². The minimum atomic E-state index is -0.0677. The maximum atomic E-state index is 12.1. The zero-order valence-electron chi connectivity index (χ0n) is 12.2. The topological polar surface area (TPSA) is 54.1 Å². The molecule has 0 atom stereocenters. The standard InChI is InChI=1S/C16H21ClN2O2/c1-21-9-8-18-16(20)12-5-6-15-14(10-12)13(11-19-15)4-2-3-7-17/h5-6,10-11,19H,2-4,7-9H2,1H3,(H,18,20). The first kappa shape index (κ1) is 15.9. The van der Waals surface area contributed by atoms with Crippen LogP contribution in [0.15, 0.2) is 24.4 Å². The number of aromatic nitrogens is 1. The van der Waals surface area contributed by atoms with Gasteiger partial charge in [0.1, 0.15) is 0 Å². The molecule has 21 heavy (non-hydrogen) atoms. The number of amides is 1. The van der Waals surface area contributed by atoms with E-state index in [1.165, 1.54) is 5.56 Å². The van der Waals surface area contributed by atoms with Crippen LogP contribution in [0.1, 0.15) is 28.8 Å². The van der Waals surface area contributed by atoms with Gasteiger partial charge in [-0.05, 0) is 43.0 Å². The highest BCUT2D eigenvalue weighted by atomic mass is 35.5. The van der Waals surface area contributed by atoms with Gasteiger partial charge >= 0.3 is 0 Å². The molecule has 0 saturated heterocycles.